The molecule has 0 aliphatic heterocycles. The Kier molecular flexibility index (Phi) is 3.82. The fourth-order valence-corrected chi connectivity index (χ4v) is 2.82. The van der Waals surface area contributed by atoms with Crippen LogP contribution in [0.1, 0.15) is 32.6 Å². The Morgan fingerprint density at radius 1 is 1.24 bits per heavy atom. The Morgan fingerprint density at radius 2 is 1.88 bits per heavy atom. The van der Waals surface area contributed by atoms with Crippen LogP contribution in [0.15, 0.2) is 18.2 Å². The normalized spacial score (nSPS) is 24.6. The molecule has 0 heterocycles. The molecule has 1 aliphatic rings. The minimum atomic E-state index is 0.604. The van der Waals surface area contributed by atoms with Gasteiger partial charge in [0.05, 0.1) is 11.4 Å². The maximum atomic E-state index is 6.04. The second kappa shape index (κ2) is 5.18. The second-order valence-corrected chi connectivity index (χ2v) is 5.66. The number of halogens is 1. The van der Waals surface area contributed by atoms with Crippen molar-refractivity contribution in [3.63, 3.8) is 0 Å². The van der Waals surface area contributed by atoms with Gasteiger partial charge in [0.2, 0.25) is 0 Å². The third kappa shape index (κ3) is 2.86. The van der Waals surface area contributed by atoms with Gasteiger partial charge in [-0.2, -0.15) is 0 Å². The van der Waals surface area contributed by atoms with E-state index in [0.717, 1.165) is 22.3 Å². The van der Waals surface area contributed by atoms with Gasteiger partial charge in [0.15, 0.2) is 0 Å². The molecule has 1 aromatic rings. The highest BCUT2D eigenvalue weighted by Crippen LogP contribution is 2.33. The molecule has 1 aromatic carbocycles. The van der Waals surface area contributed by atoms with Crippen molar-refractivity contribution < 1.29 is 0 Å². The first-order valence-corrected chi connectivity index (χ1v) is 6.73. The van der Waals surface area contributed by atoms with Crippen LogP contribution in [0.5, 0.6) is 0 Å². The minimum Gasteiger partial charge on any atom is -0.397 e. The third-order valence-electron chi connectivity index (χ3n) is 3.91. The molecule has 0 spiro atoms. The van der Waals surface area contributed by atoms with Crippen LogP contribution in [0.3, 0.4) is 0 Å². The molecule has 0 bridgehead atoms. The Hall–Kier alpha value is -0.890. The highest BCUT2D eigenvalue weighted by Gasteiger charge is 2.22. The molecule has 3 heteroatoms. The lowest BCUT2D eigenvalue weighted by atomic mass is 9.86. The Bertz CT molecular complexity index is 384. The molecule has 1 aliphatic carbocycles. The Morgan fingerprint density at radius 3 is 2.53 bits per heavy atom. The summed E-state index contributed by atoms with van der Waals surface area (Å²) in [7, 11) is 2.13. The molecule has 2 N–H and O–H groups in total. The zero-order chi connectivity index (χ0) is 12.4. The molecule has 0 aromatic heterocycles. The summed E-state index contributed by atoms with van der Waals surface area (Å²) in [4.78, 5) is 2.30. The summed E-state index contributed by atoms with van der Waals surface area (Å²) in [5, 5.41) is 0.755. The van der Waals surface area contributed by atoms with E-state index in [4.69, 9.17) is 17.3 Å². The van der Waals surface area contributed by atoms with E-state index < -0.39 is 0 Å². The van der Waals surface area contributed by atoms with E-state index in [-0.39, 0.29) is 0 Å². The van der Waals surface area contributed by atoms with Gasteiger partial charge in [-0.15, -0.1) is 0 Å². The maximum absolute atomic E-state index is 6.04. The van der Waals surface area contributed by atoms with Crippen LogP contribution in [-0.4, -0.2) is 13.1 Å². The molecule has 0 radical (unpaired) electrons. The van der Waals surface area contributed by atoms with Crippen molar-refractivity contribution in [1.82, 2.24) is 0 Å². The van der Waals surface area contributed by atoms with Crippen LogP contribution in [-0.2, 0) is 0 Å². The van der Waals surface area contributed by atoms with Crippen LogP contribution in [0, 0.1) is 5.92 Å². The molecule has 0 saturated heterocycles. The number of nitrogens with two attached hydrogens (primary N) is 1. The standard InChI is InChI=1S/C14H21ClN2/c1-10-3-6-12(7-4-10)17(2)14-9-11(15)5-8-13(14)16/h5,8-10,12H,3-4,6-7,16H2,1-2H3. The van der Waals surface area contributed by atoms with Crippen LogP contribution >= 0.6 is 11.6 Å². The monoisotopic (exact) mass is 252 g/mol. The Balaban J connectivity index is 2.13. The van der Waals surface area contributed by atoms with Crippen molar-refractivity contribution in [2.45, 2.75) is 38.6 Å². The lowest BCUT2D eigenvalue weighted by Gasteiger charge is -2.35. The molecule has 0 atom stereocenters. The summed E-state index contributed by atoms with van der Waals surface area (Å²) >= 11 is 6.04. The zero-order valence-corrected chi connectivity index (χ0v) is 11.4. The van der Waals surface area contributed by atoms with Gasteiger partial charge in [0, 0.05) is 18.1 Å². The molecule has 2 rings (SSSR count). The number of nitrogens with zero attached hydrogens (tertiary/aromatic N) is 1. The van der Waals surface area contributed by atoms with E-state index in [1.54, 1.807) is 0 Å². The van der Waals surface area contributed by atoms with Crippen LogP contribution < -0.4 is 10.6 Å². The van der Waals surface area contributed by atoms with E-state index in [1.807, 2.05) is 18.2 Å². The average molecular weight is 253 g/mol. The second-order valence-electron chi connectivity index (χ2n) is 5.23. The molecule has 94 valence electrons. The quantitative estimate of drug-likeness (QED) is 0.808. The van der Waals surface area contributed by atoms with Crippen LogP contribution in [0.25, 0.3) is 0 Å². The van der Waals surface area contributed by atoms with Gasteiger partial charge < -0.3 is 10.6 Å². The van der Waals surface area contributed by atoms with Crippen molar-refractivity contribution in [2.24, 2.45) is 5.92 Å². The van der Waals surface area contributed by atoms with Gasteiger partial charge in [0.1, 0.15) is 0 Å². The van der Waals surface area contributed by atoms with Gasteiger partial charge in [-0.05, 0) is 49.8 Å². The van der Waals surface area contributed by atoms with Gasteiger partial charge in [-0.3, -0.25) is 0 Å². The highest BCUT2D eigenvalue weighted by molar-refractivity contribution is 6.31. The first-order chi connectivity index (χ1) is 8.08. The third-order valence-corrected chi connectivity index (χ3v) is 4.14. The first kappa shape index (κ1) is 12.6. The lowest BCUT2D eigenvalue weighted by Crippen LogP contribution is -2.35. The van der Waals surface area contributed by atoms with Crippen molar-refractivity contribution in [3.05, 3.63) is 23.2 Å². The molecule has 1 saturated carbocycles. The molecule has 1 fully saturated rings. The summed E-state index contributed by atoms with van der Waals surface area (Å²) in [6.45, 7) is 2.34. The predicted octanol–water partition coefficient (Wildman–Crippen LogP) is 3.94. The molecular formula is C14H21ClN2. The number of hydrogen-bond donors (Lipinski definition) is 1. The van der Waals surface area contributed by atoms with Crippen molar-refractivity contribution >= 4 is 23.0 Å². The van der Waals surface area contributed by atoms with Crippen LogP contribution in [0.2, 0.25) is 5.02 Å². The Labute approximate surface area is 109 Å². The zero-order valence-electron chi connectivity index (χ0n) is 10.6. The predicted molar refractivity (Wildman–Crippen MR) is 75.7 cm³/mol. The molecule has 0 amide bonds. The van der Waals surface area contributed by atoms with Crippen molar-refractivity contribution in [1.29, 1.82) is 0 Å². The van der Waals surface area contributed by atoms with E-state index in [9.17, 15) is 0 Å². The lowest BCUT2D eigenvalue weighted by molar-refractivity contribution is 0.341. The van der Waals surface area contributed by atoms with E-state index in [0.29, 0.717) is 6.04 Å². The average Bonchev–Trinajstić information content (AvgIpc) is 2.32. The summed E-state index contributed by atoms with van der Waals surface area (Å²) in [6.07, 6.45) is 5.14. The minimum absolute atomic E-state index is 0.604. The van der Waals surface area contributed by atoms with E-state index >= 15 is 0 Å². The van der Waals surface area contributed by atoms with Gasteiger partial charge in [0.25, 0.3) is 0 Å². The number of anilines is 2. The number of hydrogen-bond acceptors (Lipinski definition) is 2. The topological polar surface area (TPSA) is 29.3 Å². The van der Waals surface area contributed by atoms with E-state index in [2.05, 4.69) is 18.9 Å². The maximum Gasteiger partial charge on any atom is 0.0614 e. The number of nitrogen functional groups attached to an aromatic ring is 1. The smallest absolute Gasteiger partial charge is 0.0614 e. The summed E-state index contributed by atoms with van der Waals surface area (Å²) < 4.78 is 0. The summed E-state index contributed by atoms with van der Waals surface area (Å²) in [5.74, 6) is 0.872. The number of rotatable bonds is 2. The van der Waals surface area contributed by atoms with Gasteiger partial charge >= 0.3 is 0 Å². The number of benzene rings is 1. The summed E-state index contributed by atoms with van der Waals surface area (Å²) in [5.41, 5.74) is 7.91. The van der Waals surface area contributed by atoms with E-state index in [1.165, 1.54) is 25.7 Å². The SMILES string of the molecule is CC1CCC(N(C)c2cc(Cl)ccc2N)CC1. The fraction of sp³-hybridized carbons (Fsp3) is 0.571. The van der Waals surface area contributed by atoms with Crippen molar-refractivity contribution in [2.75, 3.05) is 17.7 Å². The van der Waals surface area contributed by atoms with Crippen LogP contribution in [0.4, 0.5) is 11.4 Å². The van der Waals surface area contributed by atoms with Gasteiger partial charge in [-0.25, -0.2) is 0 Å². The summed E-state index contributed by atoms with van der Waals surface area (Å²) in [6, 6.07) is 6.30. The molecule has 2 nitrogen and oxygen atoms in total. The largest absolute Gasteiger partial charge is 0.397 e. The highest BCUT2D eigenvalue weighted by atomic mass is 35.5. The van der Waals surface area contributed by atoms with Gasteiger partial charge in [-0.1, -0.05) is 18.5 Å². The fourth-order valence-electron chi connectivity index (χ4n) is 2.65. The molecule has 17 heavy (non-hydrogen) atoms. The molecular weight excluding hydrogens is 232 g/mol. The first-order valence-electron chi connectivity index (χ1n) is 6.36. The van der Waals surface area contributed by atoms with Crippen molar-refractivity contribution in [3.8, 4) is 0 Å². The molecule has 0 unspecified atom stereocenters.